The summed E-state index contributed by atoms with van der Waals surface area (Å²) in [5.74, 6) is 0.996. The molecule has 0 aliphatic carbocycles. The number of nitrogens with zero attached hydrogens (tertiary/aromatic N) is 1. The van der Waals surface area contributed by atoms with Gasteiger partial charge < -0.3 is 29.5 Å². The maximum atomic E-state index is 13.4. The van der Waals surface area contributed by atoms with Crippen LogP contribution in [0.4, 0.5) is 4.79 Å². The Morgan fingerprint density at radius 1 is 1.06 bits per heavy atom. The van der Waals surface area contributed by atoms with E-state index in [-0.39, 0.29) is 5.92 Å². The predicted octanol–water partition coefficient (Wildman–Crippen LogP) is 3.87. The number of benzene rings is 2. The van der Waals surface area contributed by atoms with Gasteiger partial charge in [-0.1, -0.05) is 26.0 Å². The Balaban J connectivity index is 2.04. The van der Waals surface area contributed by atoms with Gasteiger partial charge in [0, 0.05) is 6.54 Å². The van der Waals surface area contributed by atoms with Crippen molar-refractivity contribution in [3.05, 3.63) is 53.1 Å². The van der Waals surface area contributed by atoms with E-state index in [2.05, 4.69) is 5.32 Å². The van der Waals surface area contributed by atoms with Crippen LogP contribution in [0.25, 0.3) is 0 Å². The summed E-state index contributed by atoms with van der Waals surface area (Å²) in [6.45, 7) is 4.29. The molecule has 1 aliphatic heterocycles. The SMILES string of the molecule is COc1ccc(C2c3cc(OC)c(OC)cc3CCN2C(=O)N[C@@H](CC(C)C)C(=O)O)cc1. The summed E-state index contributed by atoms with van der Waals surface area (Å²) in [5.41, 5.74) is 2.85. The molecule has 178 valence electrons. The third-order valence-corrected chi connectivity index (χ3v) is 5.87. The molecular formula is C25H32N2O6. The van der Waals surface area contributed by atoms with Crippen molar-refractivity contribution in [1.29, 1.82) is 0 Å². The molecule has 1 heterocycles. The van der Waals surface area contributed by atoms with E-state index in [0.29, 0.717) is 36.6 Å². The molecule has 8 nitrogen and oxygen atoms in total. The lowest BCUT2D eigenvalue weighted by molar-refractivity contribution is -0.139. The number of rotatable bonds is 8. The Hall–Kier alpha value is -3.42. The average Bonchev–Trinajstić information content (AvgIpc) is 2.81. The second-order valence-electron chi connectivity index (χ2n) is 8.49. The summed E-state index contributed by atoms with van der Waals surface area (Å²) in [6, 6.07) is 9.57. The number of nitrogens with one attached hydrogen (secondary N) is 1. The topological polar surface area (TPSA) is 97.3 Å². The first-order chi connectivity index (χ1) is 15.8. The number of urea groups is 1. The smallest absolute Gasteiger partial charge is 0.326 e. The van der Waals surface area contributed by atoms with Gasteiger partial charge in [0.2, 0.25) is 0 Å². The summed E-state index contributed by atoms with van der Waals surface area (Å²) in [6.07, 6.45) is 0.960. The van der Waals surface area contributed by atoms with Crippen molar-refractivity contribution in [2.75, 3.05) is 27.9 Å². The number of carbonyl (C=O) groups is 2. The van der Waals surface area contributed by atoms with Gasteiger partial charge in [-0.05, 0) is 59.7 Å². The highest BCUT2D eigenvalue weighted by Crippen LogP contribution is 2.41. The third kappa shape index (κ3) is 5.32. The molecule has 3 rings (SSSR count). The van der Waals surface area contributed by atoms with E-state index >= 15 is 0 Å². The van der Waals surface area contributed by atoms with Crippen LogP contribution in [0.3, 0.4) is 0 Å². The van der Waals surface area contributed by atoms with Crippen LogP contribution in [0.2, 0.25) is 0 Å². The van der Waals surface area contributed by atoms with Crippen molar-refractivity contribution in [2.45, 2.75) is 38.8 Å². The number of fused-ring (bicyclic) bond motifs is 1. The number of carboxylic acids is 1. The van der Waals surface area contributed by atoms with Crippen molar-refractivity contribution < 1.29 is 28.9 Å². The molecule has 0 spiro atoms. The number of amides is 2. The number of aliphatic carboxylic acids is 1. The molecule has 2 aromatic rings. The van der Waals surface area contributed by atoms with Crippen molar-refractivity contribution in [2.24, 2.45) is 5.92 Å². The monoisotopic (exact) mass is 456 g/mol. The van der Waals surface area contributed by atoms with Gasteiger partial charge in [-0.25, -0.2) is 9.59 Å². The second kappa shape index (κ2) is 10.5. The Morgan fingerprint density at radius 2 is 1.70 bits per heavy atom. The molecule has 33 heavy (non-hydrogen) atoms. The molecule has 2 atom stereocenters. The van der Waals surface area contributed by atoms with Crippen molar-refractivity contribution in [3.8, 4) is 17.2 Å². The molecule has 0 saturated heterocycles. The van der Waals surface area contributed by atoms with E-state index < -0.39 is 24.1 Å². The van der Waals surface area contributed by atoms with Gasteiger partial charge in [-0.3, -0.25) is 0 Å². The Kier molecular flexibility index (Phi) is 7.68. The summed E-state index contributed by atoms with van der Waals surface area (Å²) in [4.78, 5) is 26.8. The van der Waals surface area contributed by atoms with Gasteiger partial charge >= 0.3 is 12.0 Å². The predicted molar refractivity (Wildman–Crippen MR) is 124 cm³/mol. The maximum Gasteiger partial charge on any atom is 0.326 e. The standard InChI is InChI=1S/C25H32N2O6/c1-15(2)12-20(24(28)29)26-25(30)27-11-10-17-13-21(32-4)22(33-5)14-19(17)23(27)16-6-8-18(31-3)9-7-16/h6-9,13-15,20,23H,10-12H2,1-5H3,(H,26,30)(H,28,29)/t20-,23?/m0/s1. The van der Waals surface area contributed by atoms with E-state index in [9.17, 15) is 14.7 Å². The van der Waals surface area contributed by atoms with Crippen LogP contribution >= 0.6 is 0 Å². The number of hydrogen-bond donors (Lipinski definition) is 2. The van der Waals surface area contributed by atoms with E-state index in [0.717, 1.165) is 16.7 Å². The number of hydrogen-bond acceptors (Lipinski definition) is 5. The van der Waals surface area contributed by atoms with Crippen LogP contribution < -0.4 is 19.5 Å². The maximum absolute atomic E-state index is 13.4. The Bertz CT molecular complexity index is 989. The van der Waals surface area contributed by atoms with Gasteiger partial charge in [0.15, 0.2) is 11.5 Å². The van der Waals surface area contributed by atoms with Gasteiger partial charge in [0.25, 0.3) is 0 Å². The number of carboxylic acid groups (broad SMARTS) is 1. The summed E-state index contributed by atoms with van der Waals surface area (Å²) in [5, 5.41) is 12.3. The zero-order chi connectivity index (χ0) is 24.1. The molecule has 8 heteroatoms. The third-order valence-electron chi connectivity index (χ3n) is 5.87. The number of ether oxygens (including phenoxy) is 3. The van der Waals surface area contributed by atoms with Crippen molar-refractivity contribution in [1.82, 2.24) is 10.2 Å². The largest absolute Gasteiger partial charge is 0.497 e. The van der Waals surface area contributed by atoms with Gasteiger partial charge in [0.1, 0.15) is 11.8 Å². The van der Waals surface area contributed by atoms with Crippen LogP contribution in [0.5, 0.6) is 17.2 Å². The van der Waals surface area contributed by atoms with E-state index in [4.69, 9.17) is 14.2 Å². The Morgan fingerprint density at radius 3 is 2.24 bits per heavy atom. The van der Waals surface area contributed by atoms with Crippen LogP contribution in [-0.4, -0.2) is 55.9 Å². The minimum absolute atomic E-state index is 0.127. The fourth-order valence-electron chi connectivity index (χ4n) is 4.24. The molecule has 0 radical (unpaired) electrons. The van der Waals surface area contributed by atoms with E-state index in [1.165, 1.54) is 0 Å². The Labute approximate surface area is 194 Å². The molecule has 1 unspecified atom stereocenters. The zero-order valence-electron chi connectivity index (χ0n) is 19.8. The molecule has 2 amide bonds. The average molecular weight is 457 g/mol. The quantitative estimate of drug-likeness (QED) is 0.626. The first kappa shape index (κ1) is 24.2. The van der Waals surface area contributed by atoms with Crippen LogP contribution in [0, 0.1) is 5.92 Å². The molecule has 0 fully saturated rings. The van der Waals surface area contributed by atoms with Gasteiger partial charge in [-0.2, -0.15) is 0 Å². The van der Waals surface area contributed by atoms with Crippen LogP contribution in [0.1, 0.15) is 43.0 Å². The summed E-state index contributed by atoms with van der Waals surface area (Å²) >= 11 is 0. The zero-order valence-corrected chi connectivity index (χ0v) is 19.8. The van der Waals surface area contributed by atoms with Crippen LogP contribution in [0.15, 0.2) is 36.4 Å². The van der Waals surface area contributed by atoms with E-state index in [1.54, 1.807) is 26.2 Å². The molecule has 2 aromatic carbocycles. The second-order valence-corrected chi connectivity index (χ2v) is 8.49. The minimum Gasteiger partial charge on any atom is -0.497 e. The number of carbonyl (C=O) groups excluding carboxylic acids is 1. The molecule has 0 bridgehead atoms. The van der Waals surface area contributed by atoms with Crippen LogP contribution in [-0.2, 0) is 11.2 Å². The lowest BCUT2D eigenvalue weighted by Crippen LogP contribution is -2.51. The molecule has 0 saturated carbocycles. The lowest BCUT2D eigenvalue weighted by atomic mass is 9.87. The highest BCUT2D eigenvalue weighted by Gasteiger charge is 2.35. The highest BCUT2D eigenvalue weighted by atomic mass is 16.5. The molecule has 2 N–H and O–H groups in total. The first-order valence-corrected chi connectivity index (χ1v) is 11.0. The normalized spacial score (nSPS) is 16.1. The van der Waals surface area contributed by atoms with Crippen molar-refractivity contribution in [3.63, 3.8) is 0 Å². The van der Waals surface area contributed by atoms with Crippen molar-refractivity contribution >= 4 is 12.0 Å². The molecular weight excluding hydrogens is 424 g/mol. The first-order valence-electron chi connectivity index (χ1n) is 11.0. The summed E-state index contributed by atoms with van der Waals surface area (Å²) < 4.78 is 16.3. The van der Waals surface area contributed by atoms with Gasteiger partial charge in [0.05, 0.1) is 27.4 Å². The molecule has 0 aromatic heterocycles. The van der Waals surface area contributed by atoms with E-state index in [1.807, 2.05) is 50.2 Å². The fraction of sp³-hybridized carbons (Fsp3) is 0.440. The highest BCUT2D eigenvalue weighted by molar-refractivity contribution is 5.83. The van der Waals surface area contributed by atoms with Gasteiger partial charge in [-0.15, -0.1) is 0 Å². The lowest BCUT2D eigenvalue weighted by Gasteiger charge is -2.38. The number of methoxy groups -OCH3 is 3. The summed E-state index contributed by atoms with van der Waals surface area (Å²) in [7, 11) is 4.76. The fourth-order valence-corrected chi connectivity index (χ4v) is 4.24. The minimum atomic E-state index is -1.04. The molecule has 1 aliphatic rings.